The molecule has 2 aromatic carbocycles. The lowest BCUT2D eigenvalue weighted by molar-refractivity contribution is -0.384. The quantitative estimate of drug-likeness (QED) is 0.304. The minimum Gasteiger partial charge on any atom is -0.490 e. The molecule has 0 aliphatic heterocycles. The Morgan fingerprint density at radius 2 is 1.72 bits per heavy atom. The van der Waals surface area contributed by atoms with E-state index in [-0.39, 0.29) is 11.3 Å². The van der Waals surface area contributed by atoms with Gasteiger partial charge in [0, 0.05) is 29.4 Å². The van der Waals surface area contributed by atoms with Gasteiger partial charge in [0.15, 0.2) is 18.1 Å². The zero-order chi connectivity index (χ0) is 23.5. The summed E-state index contributed by atoms with van der Waals surface area (Å²) >= 11 is 0. The SMILES string of the molecule is CCOc1ccc(NC(=O)COC(=O)CNC(=O)c2cccc([N+](=O)[O-])c2)cc1OCC. The maximum atomic E-state index is 12.0. The number of hydrogen-bond donors (Lipinski definition) is 2. The average molecular weight is 445 g/mol. The first-order valence-electron chi connectivity index (χ1n) is 9.71. The second-order valence-electron chi connectivity index (χ2n) is 6.23. The molecular weight excluding hydrogens is 422 g/mol. The molecule has 2 amide bonds. The van der Waals surface area contributed by atoms with Crippen molar-refractivity contribution in [2.75, 3.05) is 31.7 Å². The number of esters is 1. The highest BCUT2D eigenvalue weighted by Crippen LogP contribution is 2.30. The molecule has 32 heavy (non-hydrogen) atoms. The summed E-state index contributed by atoms with van der Waals surface area (Å²) in [4.78, 5) is 46.0. The Kier molecular flexibility index (Phi) is 8.96. The molecule has 0 saturated heterocycles. The van der Waals surface area contributed by atoms with Gasteiger partial charge in [-0.15, -0.1) is 0 Å². The number of non-ortho nitro benzene ring substituents is 1. The molecule has 0 aliphatic rings. The largest absolute Gasteiger partial charge is 0.490 e. The zero-order valence-corrected chi connectivity index (χ0v) is 17.6. The summed E-state index contributed by atoms with van der Waals surface area (Å²) in [6.07, 6.45) is 0. The normalized spacial score (nSPS) is 10.1. The minimum absolute atomic E-state index is 0.0188. The highest BCUT2D eigenvalue weighted by molar-refractivity contribution is 5.97. The summed E-state index contributed by atoms with van der Waals surface area (Å²) in [5.41, 5.74) is 0.195. The number of amides is 2. The first-order valence-corrected chi connectivity index (χ1v) is 9.71. The highest BCUT2D eigenvalue weighted by Gasteiger charge is 2.14. The second-order valence-corrected chi connectivity index (χ2v) is 6.23. The van der Waals surface area contributed by atoms with E-state index < -0.39 is 35.9 Å². The second kappa shape index (κ2) is 11.9. The molecule has 0 aromatic heterocycles. The maximum Gasteiger partial charge on any atom is 0.325 e. The molecule has 0 bridgehead atoms. The third-order valence-electron chi connectivity index (χ3n) is 3.90. The molecule has 2 N–H and O–H groups in total. The number of hydrogen-bond acceptors (Lipinski definition) is 8. The molecule has 170 valence electrons. The molecule has 2 rings (SSSR count). The molecule has 2 aromatic rings. The maximum absolute atomic E-state index is 12.0. The number of nitro benzene ring substituents is 1. The van der Waals surface area contributed by atoms with Gasteiger partial charge < -0.3 is 24.8 Å². The first kappa shape index (κ1) is 24.1. The summed E-state index contributed by atoms with van der Waals surface area (Å²) in [6, 6.07) is 9.91. The van der Waals surface area contributed by atoms with E-state index in [0.29, 0.717) is 30.4 Å². The number of carbonyl (C=O) groups excluding carboxylic acids is 3. The van der Waals surface area contributed by atoms with Crippen molar-refractivity contribution in [1.82, 2.24) is 5.32 Å². The smallest absolute Gasteiger partial charge is 0.325 e. The fraction of sp³-hybridized carbons (Fsp3) is 0.286. The highest BCUT2D eigenvalue weighted by atomic mass is 16.6. The van der Waals surface area contributed by atoms with Gasteiger partial charge in [-0.2, -0.15) is 0 Å². The molecule has 0 radical (unpaired) electrons. The Labute approximate surface area is 183 Å². The summed E-state index contributed by atoms with van der Waals surface area (Å²) in [6.45, 7) is 3.45. The number of nitro groups is 1. The van der Waals surface area contributed by atoms with Crippen LogP contribution >= 0.6 is 0 Å². The lowest BCUT2D eigenvalue weighted by atomic mass is 10.2. The van der Waals surface area contributed by atoms with Gasteiger partial charge in [0.05, 0.1) is 18.1 Å². The van der Waals surface area contributed by atoms with Gasteiger partial charge in [0.2, 0.25) is 0 Å². The van der Waals surface area contributed by atoms with Gasteiger partial charge in [0.25, 0.3) is 17.5 Å². The fourth-order valence-electron chi connectivity index (χ4n) is 2.54. The molecule has 0 saturated carbocycles. The minimum atomic E-state index is -0.847. The number of rotatable bonds is 11. The van der Waals surface area contributed by atoms with Crippen molar-refractivity contribution >= 4 is 29.2 Å². The van der Waals surface area contributed by atoms with Crippen molar-refractivity contribution in [3.63, 3.8) is 0 Å². The van der Waals surface area contributed by atoms with Gasteiger partial charge in [-0.05, 0) is 32.0 Å². The monoisotopic (exact) mass is 445 g/mol. The van der Waals surface area contributed by atoms with E-state index in [9.17, 15) is 24.5 Å². The lowest BCUT2D eigenvalue weighted by Crippen LogP contribution is -2.32. The van der Waals surface area contributed by atoms with E-state index in [4.69, 9.17) is 14.2 Å². The van der Waals surface area contributed by atoms with Crippen LogP contribution in [0.1, 0.15) is 24.2 Å². The molecule has 11 nitrogen and oxygen atoms in total. The van der Waals surface area contributed by atoms with E-state index in [2.05, 4.69) is 10.6 Å². The van der Waals surface area contributed by atoms with Crippen LogP contribution in [0.2, 0.25) is 0 Å². The Bertz CT molecular complexity index is 993. The third-order valence-corrected chi connectivity index (χ3v) is 3.90. The van der Waals surface area contributed by atoms with Crippen LogP contribution < -0.4 is 20.1 Å². The number of benzene rings is 2. The molecule has 0 unspecified atom stereocenters. The van der Waals surface area contributed by atoms with Crippen LogP contribution in [0.3, 0.4) is 0 Å². The van der Waals surface area contributed by atoms with Crippen molar-refractivity contribution in [2.45, 2.75) is 13.8 Å². The number of nitrogens with zero attached hydrogens (tertiary/aromatic N) is 1. The van der Waals surface area contributed by atoms with Crippen LogP contribution in [0.4, 0.5) is 11.4 Å². The van der Waals surface area contributed by atoms with Crippen molar-refractivity contribution in [3.05, 3.63) is 58.1 Å². The summed E-state index contributed by atoms with van der Waals surface area (Å²) < 4.78 is 15.8. The van der Waals surface area contributed by atoms with E-state index in [0.717, 1.165) is 6.07 Å². The Balaban J connectivity index is 1.82. The van der Waals surface area contributed by atoms with Gasteiger partial charge in [-0.3, -0.25) is 24.5 Å². The van der Waals surface area contributed by atoms with Crippen LogP contribution in [0.15, 0.2) is 42.5 Å². The fourth-order valence-corrected chi connectivity index (χ4v) is 2.54. The molecular formula is C21H23N3O8. The third kappa shape index (κ3) is 7.27. The summed E-state index contributed by atoms with van der Waals surface area (Å²) in [5, 5.41) is 15.6. The lowest BCUT2D eigenvalue weighted by Gasteiger charge is -2.13. The van der Waals surface area contributed by atoms with E-state index >= 15 is 0 Å². The van der Waals surface area contributed by atoms with Crippen molar-refractivity contribution in [2.24, 2.45) is 0 Å². The number of ether oxygens (including phenoxy) is 3. The van der Waals surface area contributed by atoms with Crippen LogP contribution in [-0.2, 0) is 14.3 Å². The zero-order valence-electron chi connectivity index (χ0n) is 17.6. The van der Waals surface area contributed by atoms with Crippen LogP contribution in [-0.4, -0.2) is 49.1 Å². The van der Waals surface area contributed by atoms with Gasteiger partial charge in [0.1, 0.15) is 6.54 Å². The van der Waals surface area contributed by atoms with Gasteiger partial charge >= 0.3 is 5.97 Å². The van der Waals surface area contributed by atoms with Crippen LogP contribution in [0.25, 0.3) is 0 Å². The predicted octanol–water partition coefficient (Wildman–Crippen LogP) is 2.30. The van der Waals surface area contributed by atoms with Crippen molar-refractivity contribution in [3.8, 4) is 11.5 Å². The van der Waals surface area contributed by atoms with Crippen molar-refractivity contribution in [1.29, 1.82) is 0 Å². The topological polar surface area (TPSA) is 146 Å². The average Bonchev–Trinajstić information content (AvgIpc) is 2.78. The van der Waals surface area contributed by atoms with Crippen molar-refractivity contribution < 1.29 is 33.5 Å². The predicted molar refractivity (Wildman–Crippen MR) is 114 cm³/mol. The van der Waals surface area contributed by atoms with Crippen LogP contribution in [0, 0.1) is 10.1 Å². The molecule has 0 spiro atoms. The number of nitrogens with one attached hydrogen (secondary N) is 2. The van der Waals surface area contributed by atoms with E-state index in [1.54, 1.807) is 18.2 Å². The summed E-state index contributed by atoms with van der Waals surface area (Å²) in [7, 11) is 0. The number of carbonyl (C=O) groups is 3. The number of anilines is 1. The van der Waals surface area contributed by atoms with E-state index in [1.807, 2.05) is 13.8 Å². The van der Waals surface area contributed by atoms with Gasteiger partial charge in [-0.1, -0.05) is 6.07 Å². The summed E-state index contributed by atoms with van der Waals surface area (Å²) in [5.74, 6) is -1.12. The van der Waals surface area contributed by atoms with Crippen LogP contribution in [0.5, 0.6) is 11.5 Å². The molecule has 0 heterocycles. The molecule has 0 fully saturated rings. The van der Waals surface area contributed by atoms with Gasteiger partial charge in [-0.25, -0.2) is 0 Å². The Morgan fingerprint density at radius 3 is 2.41 bits per heavy atom. The Hall–Kier alpha value is -4.15. The first-order chi connectivity index (χ1) is 15.3. The molecule has 0 aliphatic carbocycles. The molecule has 11 heteroatoms. The van der Waals surface area contributed by atoms with E-state index in [1.165, 1.54) is 18.2 Å². The standard InChI is InChI=1S/C21H23N3O8/c1-3-30-17-9-8-15(11-18(17)31-4-2)23-19(25)13-32-20(26)12-22-21(27)14-6-5-7-16(10-14)24(28)29/h5-11H,3-4,12-13H2,1-2H3,(H,22,27)(H,23,25). The Morgan fingerprint density at radius 1 is 1.00 bits per heavy atom. The molecule has 0 atom stereocenters.